The Balaban J connectivity index is 1.57. The molecule has 0 aliphatic heterocycles. The summed E-state index contributed by atoms with van der Waals surface area (Å²) in [6.07, 6.45) is 7.04. The Labute approximate surface area is 128 Å². The monoisotopic (exact) mass is 304 g/mol. The third-order valence-electron chi connectivity index (χ3n) is 5.68. The lowest BCUT2D eigenvalue weighted by Crippen LogP contribution is -2.51. The van der Waals surface area contributed by atoms with E-state index in [4.69, 9.17) is 5.73 Å². The van der Waals surface area contributed by atoms with Crippen molar-refractivity contribution in [3.05, 3.63) is 17.0 Å². The van der Waals surface area contributed by atoms with E-state index in [1.165, 1.54) is 30.6 Å². The molecule has 0 radical (unpaired) electrons. The maximum absolute atomic E-state index is 12.9. The first-order valence-corrected chi connectivity index (χ1v) is 8.62. The molecule has 21 heavy (non-hydrogen) atoms. The summed E-state index contributed by atoms with van der Waals surface area (Å²) < 4.78 is 0. The maximum Gasteiger partial charge on any atom is 0.251 e. The summed E-state index contributed by atoms with van der Waals surface area (Å²) in [5, 5.41) is 5.42. The lowest BCUT2D eigenvalue weighted by atomic mass is 9.49. The van der Waals surface area contributed by atoms with E-state index in [0.29, 0.717) is 10.6 Å². The molecule has 4 saturated carbocycles. The van der Waals surface area contributed by atoms with Crippen LogP contribution in [0.1, 0.15) is 48.9 Å². The van der Waals surface area contributed by atoms with E-state index in [-0.39, 0.29) is 11.3 Å². The van der Waals surface area contributed by atoms with Crippen LogP contribution in [0.2, 0.25) is 0 Å². The van der Waals surface area contributed by atoms with Gasteiger partial charge >= 0.3 is 0 Å². The molecule has 112 valence electrons. The minimum absolute atomic E-state index is 0.117. The fraction of sp³-hybridized carbons (Fsp3) is 0.625. The van der Waals surface area contributed by atoms with Gasteiger partial charge in [-0.1, -0.05) is 0 Å². The third-order valence-corrected chi connectivity index (χ3v) is 6.51. The Kier molecular flexibility index (Phi) is 2.89. The van der Waals surface area contributed by atoms with Gasteiger partial charge in [0.25, 0.3) is 5.91 Å². The molecule has 4 aliphatic carbocycles. The topological polar surface area (TPSA) is 72.2 Å². The number of nitrogens with two attached hydrogens (primary N) is 1. The number of carbonyl (C=O) groups is 2. The van der Waals surface area contributed by atoms with Crippen LogP contribution >= 0.6 is 11.3 Å². The average molecular weight is 304 g/mol. The van der Waals surface area contributed by atoms with Crippen molar-refractivity contribution < 1.29 is 9.59 Å². The molecule has 2 amide bonds. The first-order valence-electron chi connectivity index (χ1n) is 7.74. The second-order valence-corrected chi connectivity index (χ2v) is 8.10. The SMILES string of the molecule is NC(=O)c1ccsc1NC(=O)C12CC3CC(CC(C3)C1)C2. The van der Waals surface area contributed by atoms with Gasteiger partial charge in [-0.15, -0.1) is 11.3 Å². The largest absolute Gasteiger partial charge is 0.366 e. The van der Waals surface area contributed by atoms with E-state index in [0.717, 1.165) is 37.0 Å². The molecular formula is C16H20N2O2S. The molecule has 0 saturated heterocycles. The molecule has 4 fully saturated rings. The van der Waals surface area contributed by atoms with Crippen LogP contribution in [0, 0.1) is 23.2 Å². The molecule has 5 rings (SSSR count). The lowest BCUT2D eigenvalue weighted by molar-refractivity contribution is -0.140. The van der Waals surface area contributed by atoms with E-state index < -0.39 is 5.91 Å². The summed E-state index contributed by atoms with van der Waals surface area (Å²) in [6.45, 7) is 0. The number of carbonyl (C=O) groups excluding carboxylic acids is 2. The van der Waals surface area contributed by atoms with Gasteiger partial charge in [-0.2, -0.15) is 0 Å². The van der Waals surface area contributed by atoms with E-state index >= 15 is 0 Å². The van der Waals surface area contributed by atoms with Crippen LogP contribution in [0.5, 0.6) is 0 Å². The van der Waals surface area contributed by atoms with Gasteiger partial charge in [0.1, 0.15) is 5.00 Å². The van der Waals surface area contributed by atoms with Gasteiger partial charge in [0.05, 0.1) is 11.0 Å². The third kappa shape index (κ3) is 2.09. The molecule has 0 atom stereocenters. The molecule has 1 heterocycles. The number of primary amides is 1. The quantitative estimate of drug-likeness (QED) is 0.901. The number of hydrogen-bond acceptors (Lipinski definition) is 3. The van der Waals surface area contributed by atoms with Gasteiger partial charge in [0.15, 0.2) is 0 Å². The number of thiophene rings is 1. The fourth-order valence-electron chi connectivity index (χ4n) is 5.22. The van der Waals surface area contributed by atoms with Crippen molar-refractivity contribution in [2.24, 2.45) is 28.9 Å². The standard InChI is InChI=1S/C16H20N2O2S/c17-13(19)12-1-2-21-14(12)18-15(20)16-6-9-3-10(7-16)5-11(4-9)8-16/h1-2,9-11H,3-8H2,(H2,17,19)(H,18,20). The van der Waals surface area contributed by atoms with Crippen molar-refractivity contribution in [3.63, 3.8) is 0 Å². The molecule has 0 aromatic carbocycles. The van der Waals surface area contributed by atoms with E-state index in [1.54, 1.807) is 11.4 Å². The Morgan fingerprint density at radius 1 is 1.14 bits per heavy atom. The normalized spacial score (nSPS) is 36.7. The minimum Gasteiger partial charge on any atom is -0.366 e. The molecule has 1 aromatic heterocycles. The van der Waals surface area contributed by atoms with Crippen molar-refractivity contribution in [2.45, 2.75) is 38.5 Å². The summed E-state index contributed by atoms with van der Waals surface area (Å²) >= 11 is 1.38. The van der Waals surface area contributed by atoms with Crippen molar-refractivity contribution in [2.75, 3.05) is 5.32 Å². The first-order chi connectivity index (χ1) is 10.1. The van der Waals surface area contributed by atoms with Gasteiger partial charge in [-0.3, -0.25) is 9.59 Å². The molecule has 0 spiro atoms. The number of rotatable bonds is 3. The minimum atomic E-state index is -0.475. The average Bonchev–Trinajstić information content (AvgIpc) is 2.85. The predicted molar refractivity (Wildman–Crippen MR) is 82.1 cm³/mol. The summed E-state index contributed by atoms with van der Waals surface area (Å²) in [7, 11) is 0. The van der Waals surface area contributed by atoms with Crippen molar-refractivity contribution in [3.8, 4) is 0 Å². The van der Waals surface area contributed by atoms with Crippen LogP contribution < -0.4 is 11.1 Å². The first kappa shape index (κ1) is 13.3. The zero-order valence-corrected chi connectivity index (χ0v) is 12.7. The van der Waals surface area contributed by atoms with E-state index in [2.05, 4.69) is 5.32 Å². The Bertz CT molecular complexity index is 572. The van der Waals surface area contributed by atoms with Gasteiger partial charge in [-0.05, 0) is 67.7 Å². The highest BCUT2D eigenvalue weighted by molar-refractivity contribution is 7.14. The van der Waals surface area contributed by atoms with Gasteiger partial charge in [0, 0.05) is 0 Å². The Morgan fingerprint density at radius 2 is 1.71 bits per heavy atom. The number of amides is 2. The van der Waals surface area contributed by atoms with Crippen molar-refractivity contribution in [1.82, 2.24) is 0 Å². The zero-order valence-electron chi connectivity index (χ0n) is 11.9. The maximum atomic E-state index is 12.9. The molecular weight excluding hydrogens is 284 g/mol. The molecule has 4 aliphatic rings. The van der Waals surface area contributed by atoms with Crippen LogP contribution in [-0.4, -0.2) is 11.8 Å². The fourth-order valence-corrected chi connectivity index (χ4v) is 6.01. The molecule has 5 heteroatoms. The van der Waals surface area contributed by atoms with Crippen LogP contribution in [0.15, 0.2) is 11.4 Å². The molecule has 4 bridgehead atoms. The Morgan fingerprint density at radius 3 is 2.24 bits per heavy atom. The second-order valence-electron chi connectivity index (χ2n) is 7.18. The number of anilines is 1. The molecule has 3 N–H and O–H groups in total. The number of nitrogens with one attached hydrogen (secondary N) is 1. The predicted octanol–water partition coefficient (Wildman–Crippen LogP) is 3.00. The highest BCUT2D eigenvalue weighted by Gasteiger charge is 2.54. The number of hydrogen-bond donors (Lipinski definition) is 2. The highest BCUT2D eigenvalue weighted by Crippen LogP contribution is 2.60. The van der Waals surface area contributed by atoms with Gasteiger partial charge in [-0.25, -0.2) is 0 Å². The summed E-state index contributed by atoms with van der Waals surface area (Å²) in [5.74, 6) is 1.85. The summed E-state index contributed by atoms with van der Waals surface area (Å²) in [6, 6.07) is 1.68. The summed E-state index contributed by atoms with van der Waals surface area (Å²) in [4.78, 5) is 24.3. The van der Waals surface area contributed by atoms with Crippen molar-refractivity contribution >= 4 is 28.2 Å². The molecule has 4 nitrogen and oxygen atoms in total. The molecule has 1 aromatic rings. The van der Waals surface area contributed by atoms with E-state index in [9.17, 15) is 9.59 Å². The second kappa shape index (κ2) is 4.57. The smallest absolute Gasteiger partial charge is 0.251 e. The van der Waals surface area contributed by atoms with E-state index in [1.807, 2.05) is 0 Å². The Hall–Kier alpha value is -1.36. The van der Waals surface area contributed by atoms with Gasteiger partial charge in [0.2, 0.25) is 5.91 Å². The lowest BCUT2D eigenvalue weighted by Gasteiger charge is -2.55. The highest BCUT2D eigenvalue weighted by atomic mass is 32.1. The van der Waals surface area contributed by atoms with Crippen molar-refractivity contribution in [1.29, 1.82) is 0 Å². The van der Waals surface area contributed by atoms with Crippen LogP contribution in [0.4, 0.5) is 5.00 Å². The zero-order chi connectivity index (χ0) is 14.6. The summed E-state index contributed by atoms with van der Waals surface area (Å²) in [5.41, 5.74) is 5.60. The van der Waals surface area contributed by atoms with Gasteiger partial charge < -0.3 is 11.1 Å². The van der Waals surface area contributed by atoms with Crippen LogP contribution in [-0.2, 0) is 4.79 Å². The molecule has 0 unspecified atom stereocenters. The van der Waals surface area contributed by atoms with Crippen LogP contribution in [0.25, 0.3) is 0 Å². The van der Waals surface area contributed by atoms with Crippen LogP contribution in [0.3, 0.4) is 0 Å².